The molecule has 2 fully saturated rings. The Morgan fingerprint density at radius 3 is 2.84 bits per heavy atom. The summed E-state index contributed by atoms with van der Waals surface area (Å²) in [6.07, 6.45) is 6.83. The van der Waals surface area contributed by atoms with Gasteiger partial charge in [0.05, 0.1) is 5.56 Å². The SMILES string of the molecule is Cn1cc(C(=O)Nc2cccc3c2C2CCC3C2C2CC2)c(CF)n1. The molecule has 4 nitrogen and oxygen atoms in total. The summed E-state index contributed by atoms with van der Waals surface area (Å²) < 4.78 is 14.6. The van der Waals surface area contributed by atoms with Gasteiger partial charge in [-0.1, -0.05) is 12.1 Å². The number of anilines is 1. The van der Waals surface area contributed by atoms with E-state index in [-0.39, 0.29) is 11.6 Å². The fourth-order valence-corrected chi connectivity index (χ4v) is 5.30. The van der Waals surface area contributed by atoms with Gasteiger partial charge in [-0.25, -0.2) is 4.39 Å². The first-order chi connectivity index (χ1) is 12.2. The zero-order valence-corrected chi connectivity index (χ0v) is 14.3. The van der Waals surface area contributed by atoms with Crippen LogP contribution < -0.4 is 5.32 Å². The Kier molecular flexibility index (Phi) is 3.27. The second-order valence-corrected chi connectivity index (χ2v) is 7.76. The van der Waals surface area contributed by atoms with Gasteiger partial charge in [0.2, 0.25) is 0 Å². The third-order valence-electron chi connectivity index (χ3n) is 6.32. The van der Waals surface area contributed by atoms with Gasteiger partial charge in [-0.3, -0.25) is 9.48 Å². The van der Waals surface area contributed by atoms with Crippen LogP contribution in [0.1, 0.15) is 64.7 Å². The molecule has 1 N–H and O–H groups in total. The van der Waals surface area contributed by atoms with Crippen LogP contribution in [0.5, 0.6) is 0 Å². The molecule has 1 aromatic heterocycles. The highest BCUT2D eigenvalue weighted by atomic mass is 19.1. The number of nitrogens with zero attached hydrogens (tertiary/aromatic N) is 2. The highest BCUT2D eigenvalue weighted by Crippen LogP contribution is 2.65. The Morgan fingerprint density at radius 2 is 2.08 bits per heavy atom. The minimum atomic E-state index is -0.731. The van der Waals surface area contributed by atoms with Crippen LogP contribution in [-0.2, 0) is 13.7 Å². The zero-order valence-electron chi connectivity index (χ0n) is 14.3. The molecule has 1 amide bonds. The topological polar surface area (TPSA) is 46.9 Å². The van der Waals surface area contributed by atoms with Gasteiger partial charge in [-0.05, 0) is 66.5 Å². The van der Waals surface area contributed by atoms with Gasteiger partial charge in [0.25, 0.3) is 5.91 Å². The standard InChI is InChI=1S/C20H22FN3O/c1-24-10-15(17(9-21)23-24)20(25)22-16-4-2-3-12-13-7-8-14(19(12)16)18(13)11-5-6-11/h2-4,10-11,13-14,18H,5-9H2,1H3,(H,22,25). The van der Waals surface area contributed by atoms with Crippen LogP contribution in [0.3, 0.4) is 0 Å². The molecule has 2 saturated carbocycles. The normalized spacial score (nSPS) is 26.7. The van der Waals surface area contributed by atoms with E-state index in [0.29, 0.717) is 17.4 Å². The summed E-state index contributed by atoms with van der Waals surface area (Å²) >= 11 is 0. The summed E-state index contributed by atoms with van der Waals surface area (Å²) in [7, 11) is 1.70. The molecule has 0 spiro atoms. The molecular formula is C20H22FN3O. The van der Waals surface area contributed by atoms with E-state index in [0.717, 1.165) is 17.5 Å². The molecule has 25 heavy (non-hydrogen) atoms. The van der Waals surface area contributed by atoms with E-state index in [1.54, 1.807) is 13.2 Å². The van der Waals surface area contributed by atoms with E-state index in [9.17, 15) is 9.18 Å². The molecule has 2 aromatic rings. The van der Waals surface area contributed by atoms with Crippen molar-refractivity contribution >= 4 is 11.6 Å². The first-order valence-corrected chi connectivity index (χ1v) is 9.20. The Bertz CT molecular complexity index is 855. The molecule has 1 heterocycles. The van der Waals surface area contributed by atoms with Crippen molar-refractivity contribution in [3.05, 3.63) is 46.8 Å². The van der Waals surface area contributed by atoms with Crippen molar-refractivity contribution in [2.45, 2.75) is 44.2 Å². The molecule has 130 valence electrons. The van der Waals surface area contributed by atoms with Crippen LogP contribution >= 0.6 is 0 Å². The average Bonchev–Trinajstić information content (AvgIpc) is 3.13. The van der Waals surface area contributed by atoms with Crippen molar-refractivity contribution in [3.8, 4) is 0 Å². The van der Waals surface area contributed by atoms with Gasteiger partial charge < -0.3 is 5.32 Å². The lowest BCUT2D eigenvalue weighted by Gasteiger charge is -2.19. The van der Waals surface area contributed by atoms with Crippen LogP contribution in [0, 0.1) is 11.8 Å². The van der Waals surface area contributed by atoms with Crippen molar-refractivity contribution < 1.29 is 9.18 Å². The molecule has 3 aliphatic rings. The number of hydrogen-bond acceptors (Lipinski definition) is 2. The van der Waals surface area contributed by atoms with E-state index < -0.39 is 6.67 Å². The predicted octanol–water partition coefficient (Wildman–Crippen LogP) is 4.14. The first-order valence-electron chi connectivity index (χ1n) is 9.20. The quantitative estimate of drug-likeness (QED) is 0.910. The van der Waals surface area contributed by atoms with Crippen LogP contribution in [0.15, 0.2) is 24.4 Å². The molecule has 5 rings (SSSR count). The number of rotatable bonds is 4. The fourth-order valence-electron chi connectivity index (χ4n) is 5.30. The number of carbonyl (C=O) groups excluding carboxylic acids is 1. The number of halogens is 1. The van der Waals surface area contributed by atoms with Crippen LogP contribution in [0.4, 0.5) is 10.1 Å². The highest BCUT2D eigenvalue weighted by molar-refractivity contribution is 6.05. The average molecular weight is 339 g/mol. The number of alkyl halides is 1. The van der Waals surface area contributed by atoms with Crippen molar-refractivity contribution in [2.24, 2.45) is 18.9 Å². The van der Waals surface area contributed by atoms with Crippen LogP contribution in [-0.4, -0.2) is 15.7 Å². The molecule has 0 radical (unpaired) electrons. The monoisotopic (exact) mass is 339 g/mol. The maximum atomic E-state index is 13.1. The fraction of sp³-hybridized carbons (Fsp3) is 0.500. The van der Waals surface area contributed by atoms with Crippen molar-refractivity contribution in [1.29, 1.82) is 0 Å². The molecular weight excluding hydrogens is 317 g/mol. The summed E-state index contributed by atoms with van der Waals surface area (Å²) in [4.78, 5) is 12.7. The summed E-state index contributed by atoms with van der Waals surface area (Å²) in [6.45, 7) is -0.731. The van der Waals surface area contributed by atoms with E-state index in [1.165, 1.54) is 41.5 Å². The van der Waals surface area contributed by atoms with Crippen molar-refractivity contribution in [3.63, 3.8) is 0 Å². The van der Waals surface area contributed by atoms with Gasteiger partial charge in [0.15, 0.2) is 0 Å². The van der Waals surface area contributed by atoms with Crippen LogP contribution in [0.25, 0.3) is 0 Å². The van der Waals surface area contributed by atoms with E-state index in [4.69, 9.17) is 0 Å². The van der Waals surface area contributed by atoms with Gasteiger partial charge in [0.1, 0.15) is 12.4 Å². The Morgan fingerprint density at radius 1 is 1.28 bits per heavy atom. The third-order valence-corrected chi connectivity index (χ3v) is 6.32. The van der Waals surface area contributed by atoms with Gasteiger partial charge in [0, 0.05) is 18.9 Å². The summed E-state index contributed by atoms with van der Waals surface area (Å²) in [6, 6.07) is 6.27. The highest BCUT2D eigenvalue weighted by Gasteiger charge is 2.52. The lowest BCUT2D eigenvalue weighted by Crippen LogP contribution is -2.15. The Hall–Kier alpha value is -2.17. The Balaban J connectivity index is 1.48. The number of aryl methyl sites for hydroxylation is 1. The van der Waals surface area contributed by atoms with Crippen LogP contribution in [0.2, 0.25) is 0 Å². The second-order valence-electron chi connectivity index (χ2n) is 7.76. The predicted molar refractivity (Wildman–Crippen MR) is 93.3 cm³/mol. The number of benzene rings is 1. The number of aromatic nitrogens is 2. The lowest BCUT2D eigenvalue weighted by molar-refractivity contribution is 0.102. The molecule has 5 heteroatoms. The largest absolute Gasteiger partial charge is 0.322 e. The third kappa shape index (κ3) is 2.25. The van der Waals surface area contributed by atoms with Gasteiger partial charge in [-0.15, -0.1) is 0 Å². The van der Waals surface area contributed by atoms with Crippen molar-refractivity contribution in [2.75, 3.05) is 5.32 Å². The molecule has 1 aromatic carbocycles. The molecule has 0 aliphatic heterocycles. The maximum Gasteiger partial charge on any atom is 0.259 e. The summed E-state index contributed by atoms with van der Waals surface area (Å²) in [5, 5.41) is 7.08. The van der Waals surface area contributed by atoms with Gasteiger partial charge in [-0.2, -0.15) is 5.10 Å². The second kappa shape index (κ2) is 5.41. The summed E-state index contributed by atoms with van der Waals surface area (Å²) in [5.74, 6) is 2.64. The number of amides is 1. The van der Waals surface area contributed by atoms with E-state index in [1.807, 2.05) is 12.1 Å². The van der Waals surface area contributed by atoms with E-state index >= 15 is 0 Å². The number of hydrogen-bond donors (Lipinski definition) is 1. The van der Waals surface area contributed by atoms with E-state index in [2.05, 4.69) is 16.5 Å². The minimum Gasteiger partial charge on any atom is -0.322 e. The number of carbonyl (C=O) groups is 1. The first kappa shape index (κ1) is 15.1. The lowest BCUT2D eigenvalue weighted by atomic mass is 9.90. The molecule has 0 saturated heterocycles. The smallest absolute Gasteiger partial charge is 0.259 e. The molecule has 3 aliphatic carbocycles. The summed E-state index contributed by atoms with van der Waals surface area (Å²) in [5.41, 5.74) is 4.21. The zero-order chi connectivity index (χ0) is 17.1. The molecule has 2 bridgehead atoms. The Labute approximate surface area is 146 Å². The van der Waals surface area contributed by atoms with Gasteiger partial charge >= 0.3 is 0 Å². The minimum absolute atomic E-state index is 0.199. The maximum absolute atomic E-state index is 13.1. The number of fused-ring (bicyclic) bond motifs is 5. The number of nitrogens with one attached hydrogen (secondary N) is 1. The molecule has 3 atom stereocenters. The molecule has 3 unspecified atom stereocenters. The van der Waals surface area contributed by atoms with Crippen molar-refractivity contribution in [1.82, 2.24) is 9.78 Å².